The third-order valence-electron chi connectivity index (χ3n) is 6.10. The number of alkyl halides is 3. The van der Waals surface area contributed by atoms with Gasteiger partial charge in [0.1, 0.15) is 24.3 Å². The number of benzene rings is 2. The molecule has 1 N–H and O–H groups in total. The first-order chi connectivity index (χ1) is 17.2. The molecular weight excluding hydrogens is 475 g/mol. The number of nitrogens with zero attached hydrogens (tertiary/aromatic N) is 4. The van der Waals surface area contributed by atoms with Crippen molar-refractivity contribution in [1.82, 2.24) is 15.0 Å². The van der Waals surface area contributed by atoms with Crippen molar-refractivity contribution in [2.24, 2.45) is 0 Å². The Bertz CT molecular complexity index is 1500. The van der Waals surface area contributed by atoms with Crippen LogP contribution in [0.5, 0.6) is 11.6 Å². The highest BCUT2D eigenvalue weighted by molar-refractivity contribution is 6.27. The Morgan fingerprint density at radius 1 is 1.11 bits per heavy atom. The summed E-state index contributed by atoms with van der Waals surface area (Å²) >= 11 is 0. The molecule has 2 aromatic carbocycles. The minimum Gasteiger partial charge on any atom is -0.438 e. The van der Waals surface area contributed by atoms with E-state index in [0.29, 0.717) is 40.3 Å². The number of hydrogen-bond donors (Lipinski definition) is 1. The van der Waals surface area contributed by atoms with Gasteiger partial charge in [0.2, 0.25) is 5.88 Å². The van der Waals surface area contributed by atoms with Gasteiger partial charge >= 0.3 is 12.2 Å². The Balaban J connectivity index is 1.48. The number of amides is 3. The van der Waals surface area contributed by atoms with E-state index < -0.39 is 23.7 Å². The molecule has 11 heteroatoms. The van der Waals surface area contributed by atoms with Crippen molar-refractivity contribution < 1.29 is 27.5 Å². The van der Waals surface area contributed by atoms with Gasteiger partial charge < -0.3 is 9.72 Å². The summed E-state index contributed by atoms with van der Waals surface area (Å²) in [6, 6.07) is 8.66. The molecule has 5 rings (SSSR count). The summed E-state index contributed by atoms with van der Waals surface area (Å²) in [6.45, 7) is 3.31. The number of rotatable bonds is 5. The van der Waals surface area contributed by atoms with Gasteiger partial charge in [-0.05, 0) is 60.9 Å². The number of ether oxygens (including phenoxy) is 1. The molecule has 36 heavy (non-hydrogen) atoms. The number of aromatic amines is 1. The Labute approximate surface area is 203 Å². The zero-order chi connectivity index (χ0) is 25.6. The fraction of sp³-hybridized carbons (Fsp3) is 0.200. The molecule has 3 amide bonds. The van der Waals surface area contributed by atoms with Crippen LogP contribution in [0.15, 0.2) is 55.0 Å². The van der Waals surface area contributed by atoms with Crippen molar-refractivity contribution in [1.29, 1.82) is 0 Å². The number of anilines is 2. The first kappa shape index (κ1) is 23.3. The first-order valence-electron chi connectivity index (χ1n) is 11.1. The zero-order valence-corrected chi connectivity index (χ0v) is 19.3. The number of halogens is 3. The lowest BCUT2D eigenvalue weighted by atomic mass is 10.0. The smallest absolute Gasteiger partial charge is 0.416 e. The summed E-state index contributed by atoms with van der Waals surface area (Å²) in [5.41, 5.74) is 1.46. The summed E-state index contributed by atoms with van der Waals surface area (Å²) in [7, 11) is 0. The van der Waals surface area contributed by atoms with Crippen LogP contribution < -0.4 is 14.5 Å². The second kappa shape index (κ2) is 8.67. The molecular formula is C25H20F3N5O3. The molecule has 0 saturated carbocycles. The third-order valence-corrected chi connectivity index (χ3v) is 6.10. The Morgan fingerprint density at radius 3 is 2.67 bits per heavy atom. The highest BCUT2D eigenvalue weighted by Crippen LogP contribution is 2.38. The van der Waals surface area contributed by atoms with E-state index in [0.717, 1.165) is 27.5 Å². The van der Waals surface area contributed by atoms with E-state index in [1.54, 1.807) is 31.3 Å². The quantitative estimate of drug-likeness (QED) is 0.363. The second-order valence-electron chi connectivity index (χ2n) is 8.21. The maximum absolute atomic E-state index is 13.2. The maximum atomic E-state index is 13.2. The Kier molecular flexibility index (Phi) is 5.62. The minimum absolute atomic E-state index is 0.00159. The number of carbonyl (C=O) groups is 2. The number of hydrogen-bond acceptors (Lipinski definition) is 5. The largest absolute Gasteiger partial charge is 0.438 e. The Hall–Kier alpha value is -4.41. The van der Waals surface area contributed by atoms with E-state index >= 15 is 0 Å². The standard InChI is InChI=1S/C25H20F3N5O3/c1-3-17-14(2)19(7-8-20(17)36-23-18-9-10-29-22(18)30-13-31-23)33-21(34)12-32(24(33)35)16-6-4-5-15(11-16)25(26,27)28/h4-11,13H,3,12H2,1-2H3,(H,29,30,31). The Morgan fingerprint density at radius 2 is 1.92 bits per heavy atom. The second-order valence-corrected chi connectivity index (χ2v) is 8.21. The van der Waals surface area contributed by atoms with Crippen LogP contribution in [-0.2, 0) is 17.4 Å². The van der Waals surface area contributed by atoms with Crippen molar-refractivity contribution >= 4 is 34.3 Å². The number of imide groups is 1. The number of fused-ring (bicyclic) bond motifs is 1. The van der Waals surface area contributed by atoms with E-state index in [1.807, 2.05) is 6.92 Å². The van der Waals surface area contributed by atoms with Gasteiger partial charge in [-0.1, -0.05) is 13.0 Å². The number of urea groups is 1. The van der Waals surface area contributed by atoms with Gasteiger partial charge in [0.25, 0.3) is 5.91 Å². The van der Waals surface area contributed by atoms with Gasteiger partial charge in [0, 0.05) is 11.9 Å². The van der Waals surface area contributed by atoms with Crippen LogP contribution in [-0.4, -0.2) is 33.4 Å². The van der Waals surface area contributed by atoms with Crippen molar-refractivity contribution in [2.75, 3.05) is 16.3 Å². The van der Waals surface area contributed by atoms with Crippen molar-refractivity contribution in [3.8, 4) is 11.6 Å². The molecule has 3 heterocycles. The van der Waals surface area contributed by atoms with E-state index in [9.17, 15) is 22.8 Å². The molecule has 0 spiro atoms. The fourth-order valence-electron chi connectivity index (χ4n) is 4.32. The maximum Gasteiger partial charge on any atom is 0.416 e. The normalized spacial score (nSPS) is 14.2. The lowest BCUT2D eigenvalue weighted by Crippen LogP contribution is -2.33. The third kappa shape index (κ3) is 3.92. The van der Waals surface area contributed by atoms with E-state index in [1.165, 1.54) is 18.5 Å². The molecule has 2 aromatic heterocycles. The zero-order valence-electron chi connectivity index (χ0n) is 19.3. The highest BCUT2D eigenvalue weighted by Gasteiger charge is 2.40. The van der Waals surface area contributed by atoms with Gasteiger partial charge in [-0.3, -0.25) is 9.69 Å². The molecule has 1 saturated heterocycles. The van der Waals surface area contributed by atoms with Gasteiger partial charge in [-0.15, -0.1) is 0 Å². The summed E-state index contributed by atoms with van der Waals surface area (Å²) in [5, 5.41) is 0.697. The lowest BCUT2D eigenvalue weighted by molar-refractivity contribution is -0.137. The summed E-state index contributed by atoms with van der Waals surface area (Å²) in [6.07, 6.45) is -0.933. The van der Waals surface area contributed by atoms with Crippen LogP contribution in [0.2, 0.25) is 0 Å². The molecule has 8 nitrogen and oxygen atoms in total. The van der Waals surface area contributed by atoms with Crippen molar-refractivity contribution in [2.45, 2.75) is 26.4 Å². The predicted octanol–water partition coefficient (Wildman–Crippen LogP) is 5.61. The molecule has 4 aromatic rings. The van der Waals surface area contributed by atoms with E-state index in [4.69, 9.17) is 4.74 Å². The molecule has 1 aliphatic heterocycles. The van der Waals surface area contributed by atoms with Crippen molar-refractivity contribution in [3.05, 3.63) is 71.7 Å². The van der Waals surface area contributed by atoms with Crippen LogP contribution in [0.4, 0.5) is 29.3 Å². The molecule has 1 fully saturated rings. The van der Waals surface area contributed by atoms with E-state index in [-0.39, 0.29) is 12.2 Å². The van der Waals surface area contributed by atoms with Crippen LogP contribution in [0.3, 0.4) is 0 Å². The average Bonchev–Trinajstić information content (AvgIpc) is 3.44. The molecule has 0 atom stereocenters. The topological polar surface area (TPSA) is 91.4 Å². The molecule has 0 unspecified atom stereocenters. The monoisotopic (exact) mass is 495 g/mol. The highest BCUT2D eigenvalue weighted by atomic mass is 19.4. The van der Waals surface area contributed by atoms with Gasteiger partial charge in [0.15, 0.2) is 0 Å². The number of carbonyl (C=O) groups excluding carboxylic acids is 2. The van der Waals surface area contributed by atoms with Gasteiger partial charge in [-0.25, -0.2) is 19.7 Å². The van der Waals surface area contributed by atoms with Gasteiger partial charge in [-0.2, -0.15) is 13.2 Å². The SMILES string of the molecule is CCc1c(Oc2ncnc3[nH]ccc23)ccc(N2C(=O)CN(c3cccc(C(F)(F)F)c3)C2=O)c1C. The number of nitrogens with one attached hydrogen (secondary N) is 1. The molecule has 0 radical (unpaired) electrons. The predicted molar refractivity (Wildman–Crippen MR) is 126 cm³/mol. The van der Waals surface area contributed by atoms with E-state index in [2.05, 4.69) is 15.0 Å². The average molecular weight is 495 g/mol. The molecule has 1 aliphatic rings. The molecule has 0 bridgehead atoms. The van der Waals surface area contributed by atoms with Crippen molar-refractivity contribution in [3.63, 3.8) is 0 Å². The fourth-order valence-corrected chi connectivity index (χ4v) is 4.32. The summed E-state index contributed by atoms with van der Waals surface area (Å²) in [5.74, 6) is 0.321. The molecule has 184 valence electrons. The lowest BCUT2D eigenvalue weighted by Gasteiger charge is -2.22. The minimum atomic E-state index is -4.57. The van der Waals surface area contributed by atoms with Crippen LogP contribution >= 0.6 is 0 Å². The summed E-state index contributed by atoms with van der Waals surface area (Å²) < 4.78 is 45.6. The van der Waals surface area contributed by atoms with Crippen LogP contribution in [0.1, 0.15) is 23.6 Å². The van der Waals surface area contributed by atoms with Gasteiger partial charge in [0.05, 0.1) is 16.6 Å². The number of H-pyrrole nitrogens is 1. The number of aromatic nitrogens is 3. The van der Waals surface area contributed by atoms with Crippen LogP contribution in [0.25, 0.3) is 11.0 Å². The van der Waals surface area contributed by atoms with Crippen LogP contribution in [0, 0.1) is 6.92 Å². The molecule has 0 aliphatic carbocycles. The first-order valence-corrected chi connectivity index (χ1v) is 11.1. The summed E-state index contributed by atoms with van der Waals surface area (Å²) in [4.78, 5) is 39.5.